The zero-order valence-electron chi connectivity index (χ0n) is 13.1. The maximum absolute atomic E-state index is 12.1. The number of ether oxygens (including phenoxy) is 1. The molecule has 0 bridgehead atoms. The normalized spacial score (nSPS) is 17.0. The summed E-state index contributed by atoms with van der Waals surface area (Å²) in [5.74, 6) is 0.374. The van der Waals surface area contributed by atoms with Crippen LogP contribution in [0.1, 0.15) is 28.9 Å². The monoisotopic (exact) mass is 312 g/mol. The Bertz CT molecular complexity index is 649. The van der Waals surface area contributed by atoms with E-state index in [-0.39, 0.29) is 17.7 Å². The second-order valence-corrected chi connectivity index (χ2v) is 5.62. The van der Waals surface area contributed by atoms with Gasteiger partial charge in [0.1, 0.15) is 11.5 Å². The van der Waals surface area contributed by atoms with Crippen LogP contribution < -0.4 is 10.6 Å². The Balaban J connectivity index is 1.55. The van der Waals surface area contributed by atoms with Crippen LogP contribution in [-0.4, -0.2) is 35.1 Å². The first kappa shape index (κ1) is 15.4. The Morgan fingerprint density at radius 3 is 2.74 bits per heavy atom. The molecule has 1 aliphatic heterocycles. The zero-order chi connectivity index (χ0) is 16.1. The molecule has 0 spiro atoms. The first-order chi connectivity index (χ1) is 11.2. The number of hydrogen-bond donors (Lipinski definition) is 2. The lowest BCUT2D eigenvalue weighted by atomic mass is 10.2. The van der Waals surface area contributed by atoms with Gasteiger partial charge in [0.15, 0.2) is 0 Å². The molecule has 1 amide bonds. The molecule has 1 aliphatic rings. The largest absolute Gasteiger partial charge is 0.376 e. The third kappa shape index (κ3) is 4.26. The van der Waals surface area contributed by atoms with Crippen LogP contribution in [0.4, 0.5) is 11.5 Å². The van der Waals surface area contributed by atoms with Crippen LogP contribution in [0.2, 0.25) is 0 Å². The number of aromatic nitrogens is 2. The lowest BCUT2D eigenvalue weighted by Gasteiger charge is -2.11. The Morgan fingerprint density at radius 2 is 2.09 bits per heavy atom. The fraction of sp³-hybridized carbons (Fsp3) is 0.353. The fourth-order valence-corrected chi connectivity index (χ4v) is 2.39. The lowest BCUT2D eigenvalue weighted by molar-refractivity contribution is 0.102. The van der Waals surface area contributed by atoms with Crippen LogP contribution >= 0.6 is 0 Å². The SMILES string of the molecule is Cc1ccc(NC(=O)c2cnc(NCC3CCCO3)cn2)cc1. The molecule has 1 fully saturated rings. The summed E-state index contributed by atoms with van der Waals surface area (Å²) in [6.07, 6.45) is 5.45. The molecule has 0 radical (unpaired) electrons. The molecular formula is C17H20N4O2. The average molecular weight is 312 g/mol. The molecule has 2 N–H and O–H groups in total. The summed E-state index contributed by atoms with van der Waals surface area (Å²) in [5.41, 5.74) is 2.17. The summed E-state index contributed by atoms with van der Waals surface area (Å²) in [6.45, 7) is 3.54. The number of hydrogen-bond acceptors (Lipinski definition) is 5. The molecular weight excluding hydrogens is 292 g/mol. The van der Waals surface area contributed by atoms with Gasteiger partial charge in [-0.15, -0.1) is 0 Å². The smallest absolute Gasteiger partial charge is 0.275 e. The molecule has 2 heterocycles. The Morgan fingerprint density at radius 1 is 1.26 bits per heavy atom. The van der Waals surface area contributed by atoms with E-state index < -0.39 is 0 Å². The first-order valence-electron chi connectivity index (χ1n) is 7.76. The Hall–Kier alpha value is -2.47. The van der Waals surface area contributed by atoms with Crippen LogP contribution in [0.5, 0.6) is 0 Å². The number of nitrogens with one attached hydrogen (secondary N) is 2. The number of benzene rings is 1. The molecule has 120 valence electrons. The van der Waals surface area contributed by atoms with Gasteiger partial charge in [-0.3, -0.25) is 4.79 Å². The van der Waals surface area contributed by atoms with Gasteiger partial charge in [0.2, 0.25) is 0 Å². The number of aryl methyl sites for hydroxylation is 1. The second-order valence-electron chi connectivity index (χ2n) is 5.62. The maximum Gasteiger partial charge on any atom is 0.275 e. The van der Waals surface area contributed by atoms with Crippen LogP contribution in [-0.2, 0) is 4.74 Å². The van der Waals surface area contributed by atoms with Gasteiger partial charge in [-0.05, 0) is 31.9 Å². The highest BCUT2D eigenvalue weighted by molar-refractivity contribution is 6.02. The van der Waals surface area contributed by atoms with E-state index in [4.69, 9.17) is 4.74 Å². The van der Waals surface area contributed by atoms with Gasteiger partial charge in [-0.1, -0.05) is 17.7 Å². The standard InChI is InChI=1S/C17H20N4O2/c1-12-4-6-13(7-5-12)21-17(22)15-10-20-16(11-18-15)19-9-14-3-2-8-23-14/h4-7,10-11,14H,2-3,8-9H2,1H3,(H,19,20)(H,21,22). The molecule has 0 saturated carbocycles. The van der Waals surface area contributed by atoms with Gasteiger partial charge in [0.05, 0.1) is 18.5 Å². The van der Waals surface area contributed by atoms with E-state index in [2.05, 4.69) is 20.6 Å². The topological polar surface area (TPSA) is 76.1 Å². The highest BCUT2D eigenvalue weighted by Crippen LogP contribution is 2.13. The van der Waals surface area contributed by atoms with Gasteiger partial charge in [-0.2, -0.15) is 0 Å². The molecule has 1 unspecified atom stereocenters. The van der Waals surface area contributed by atoms with E-state index in [9.17, 15) is 4.79 Å². The van der Waals surface area contributed by atoms with E-state index >= 15 is 0 Å². The van der Waals surface area contributed by atoms with Crippen molar-refractivity contribution in [3.05, 3.63) is 47.9 Å². The summed E-state index contributed by atoms with van der Waals surface area (Å²) in [4.78, 5) is 20.5. The van der Waals surface area contributed by atoms with Crippen molar-refractivity contribution >= 4 is 17.4 Å². The van der Waals surface area contributed by atoms with Crippen molar-refractivity contribution in [2.24, 2.45) is 0 Å². The Labute approximate surface area is 135 Å². The molecule has 1 atom stereocenters. The summed E-state index contributed by atoms with van der Waals surface area (Å²) in [7, 11) is 0. The van der Waals surface area contributed by atoms with Crippen molar-refractivity contribution in [1.82, 2.24) is 9.97 Å². The van der Waals surface area contributed by atoms with Crippen molar-refractivity contribution in [3.8, 4) is 0 Å². The summed E-state index contributed by atoms with van der Waals surface area (Å²) < 4.78 is 5.54. The van der Waals surface area contributed by atoms with Gasteiger partial charge in [0.25, 0.3) is 5.91 Å². The highest BCUT2D eigenvalue weighted by Gasteiger charge is 2.15. The highest BCUT2D eigenvalue weighted by atomic mass is 16.5. The molecule has 1 aromatic carbocycles. The fourth-order valence-electron chi connectivity index (χ4n) is 2.39. The van der Waals surface area contributed by atoms with E-state index in [0.29, 0.717) is 12.4 Å². The number of nitrogens with zero attached hydrogens (tertiary/aromatic N) is 2. The van der Waals surface area contributed by atoms with Crippen molar-refractivity contribution < 1.29 is 9.53 Å². The minimum atomic E-state index is -0.271. The molecule has 1 aromatic heterocycles. The molecule has 2 aromatic rings. The summed E-state index contributed by atoms with van der Waals surface area (Å²) in [6, 6.07) is 7.61. The Kier molecular flexibility index (Phi) is 4.83. The third-order valence-corrected chi connectivity index (χ3v) is 3.73. The van der Waals surface area contributed by atoms with E-state index in [1.165, 1.54) is 6.20 Å². The average Bonchev–Trinajstić information content (AvgIpc) is 3.09. The van der Waals surface area contributed by atoms with Gasteiger partial charge in [0, 0.05) is 18.8 Å². The predicted molar refractivity (Wildman–Crippen MR) is 88.6 cm³/mol. The van der Waals surface area contributed by atoms with Gasteiger partial charge in [-0.25, -0.2) is 9.97 Å². The van der Waals surface area contributed by atoms with Crippen LogP contribution in [0, 0.1) is 6.92 Å². The lowest BCUT2D eigenvalue weighted by Crippen LogP contribution is -2.19. The number of carbonyl (C=O) groups is 1. The quantitative estimate of drug-likeness (QED) is 0.887. The molecule has 3 rings (SSSR count). The van der Waals surface area contributed by atoms with Crippen molar-refractivity contribution in [3.63, 3.8) is 0 Å². The van der Waals surface area contributed by atoms with Crippen LogP contribution in [0.3, 0.4) is 0 Å². The number of anilines is 2. The summed E-state index contributed by atoms with van der Waals surface area (Å²) >= 11 is 0. The minimum absolute atomic E-state index is 0.237. The minimum Gasteiger partial charge on any atom is -0.376 e. The first-order valence-corrected chi connectivity index (χ1v) is 7.76. The van der Waals surface area contributed by atoms with Gasteiger partial charge < -0.3 is 15.4 Å². The number of rotatable bonds is 5. The van der Waals surface area contributed by atoms with Crippen molar-refractivity contribution in [2.75, 3.05) is 23.8 Å². The van der Waals surface area contributed by atoms with E-state index in [1.54, 1.807) is 6.20 Å². The van der Waals surface area contributed by atoms with Crippen molar-refractivity contribution in [2.45, 2.75) is 25.9 Å². The number of amides is 1. The van der Waals surface area contributed by atoms with E-state index in [0.717, 1.165) is 30.7 Å². The molecule has 6 nitrogen and oxygen atoms in total. The summed E-state index contributed by atoms with van der Waals surface area (Å²) in [5, 5.41) is 5.98. The predicted octanol–water partition coefficient (Wildman–Crippen LogP) is 2.63. The van der Waals surface area contributed by atoms with Crippen molar-refractivity contribution in [1.29, 1.82) is 0 Å². The molecule has 6 heteroatoms. The molecule has 0 aliphatic carbocycles. The zero-order valence-corrected chi connectivity index (χ0v) is 13.1. The maximum atomic E-state index is 12.1. The second kappa shape index (κ2) is 7.19. The van der Waals surface area contributed by atoms with Crippen LogP contribution in [0.25, 0.3) is 0 Å². The van der Waals surface area contributed by atoms with E-state index in [1.807, 2.05) is 31.2 Å². The number of carbonyl (C=O) groups excluding carboxylic acids is 1. The molecule has 23 heavy (non-hydrogen) atoms. The third-order valence-electron chi connectivity index (χ3n) is 3.73. The molecule has 1 saturated heterocycles. The van der Waals surface area contributed by atoms with Crippen LogP contribution in [0.15, 0.2) is 36.7 Å². The van der Waals surface area contributed by atoms with Gasteiger partial charge >= 0.3 is 0 Å².